The summed E-state index contributed by atoms with van der Waals surface area (Å²) in [5.41, 5.74) is 4.16. The fraction of sp³-hybridized carbons (Fsp3) is 0.250. The third-order valence-electron chi connectivity index (χ3n) is 4.41. The van der Waals surface area contributed by atoms with Crippen molar-refractivity contribution in [2.24, 2.45) is 0 Å². The molecule has 7 nitrogen and oxygen atoms in total. The van der Waals surface area contributed by atoms with Gasteiger partial charge in [-0.25, -0.2) is 0 Å². The van der Waals surface area contributed by atoms with Gasteiger partial charge in [0.1, 0.15) is 5.75 Å². The van der Waals surface area contributed by atoms with Crippen molar-refractivity contribution in [2.45, 2.75) is 33.2 Å². The smallest absolute Gasteiger partial charge is 0.255 e. The van der Waals surface area contributed by atoms with Crippen molar-refractivity contribution in [1.82, 2.24) is 20.8 Å². The molecule has 8 heteroatoms. The fourth-order valence-electron chi connectivity index (χ4n) is 3.06. The third kappa shape index (κ3) is 4.49. The molecule has 146 valence electrons. The van der Waals surface area contributed by atoms with Crippen molar-refractivity contribution in [3.05, 3.63) is 76.4 Å². The molecule has 4 rings (SSSR count). The number of nitrogens with one attached hydrogen (secondary N) is 2. The molecule has 0 spiro atoms. The van der Waals surface area contributed by atoms with Gasteiger partial charge in [-0.3, -0.25) is 4.79 Å². The maximum Gasteiger partial charge on any atom is 0.255 e. The predicted molar refractivity (Wildman–Crippen MR) is 105 cm³/mol. The second kappa shape index (κ2) is 8.86. The average Bonchev–Trinajstić information content (AvgIpc) is 3.32. The van der Waals surface area contributed by atoms with Gasteiger partial charge in [-0.05, 0) is 28.8 Å². The minimum absolute atomic E-state index is 0. The minimum atomic E-state index is -0.187. The zero-order valence-corrected chi connectivity index (χ0v) is 16.2. The van der Waals surface area contributed by atoms with Crippen LogP contribution >= 0.6 is 12.4 Å². The van der Waals surface area contributed by atoms with Crippen molar-refractivity contribution in [3.63, 3.8) is 0 Å². The first kappa shape index (κ1) is 19.9. The van der Waals surface area contributed by atoms with E-state index >= 15 is 0 Å². The van der Waals surface area contributed by atoms with E-state index < -0.39 is 0 Å². The first-order valence-electron chi connectivity index (χ1n) is 8.79. The molecule has 0 aliphatic carbocycles. The molecule has 1 aliphatic rings. The fourth-order valence-corrected chi connectivity index (χ4v) is 3.06. The Kier molecular flexibility index (Phi) is 6.28. The molecular formula is C20H21ClN4O3. The second-order valence-corrected chi connectivity index (χ2v) is 6.40. The number of nitrogens with zero attached hydrogens (tertiary/aromatic N) is 2. The number of ether oxygens (including phenoxy) is 1. The molecule has 28 heavy (non-hydrogen) atoms. The lowest BCUT2D eigenvalue weighted by molar-refractivity contribution is 0.0946. The van der Waals surface area contributed by atoms with Gasteiger partial charge in [0, 0.05) is 26.6 Å². The molecule has 0 bridgehead atoms. The second-order valence-electron chi connectivity index (χ2n) is 6.40. The Bertz CT molecular complexity index is 974. The Morgan fingerprint density at radius 1 is 1.21 bits per heavy atom. The maximum atomic E-state index is 12.6. The van der Waals surface area contributed by atoms with Crippen molar-refractivity contribution < 1.29 is 14.1 Å². The number of hydrogen-bond acceptors (Lipinski definition) is 6. The molecule has 2 heterocycles. The number of aryl methyl sites for hydroxylation is 1. The summed E-state index contributed by atoms with van der Waals surface area (Å²) in [7, 11) is 0. The van der Waals surface area contributed by atoms with E-state index in [0.29, 0.717) is 29.6 Å². The van der Waals surface area contributed by atoms with E-state index in [2.05, 4.69) is 32.9 Å². The van der Waals surface area contributed by atoms with Crippen LogP contribution in [0.5, 0.6) is 5.75 Å². The molecule has 0 atom stereocenters. The van der Waals surface area contributed by atoms with Crippen LogP contribution in [0.2, 0.25) is 0 Å². The lowest BCUT2D eigenvalue weighted by atomic mass is 10.1. The Hall–Kier alpha value is -2.90. The molecule has 0 unspecified atom stereocenters. The number of hydrogen-bond donors (Lipinski definition) is 2. The number of aromatic nitrogens is 2. The zero-order chi connectivity index (χ0) is 18.6. The van der Waals surface area contributed by atoms with Crippen molar-refractivity contribution in [1.29, 1.82) is 0 Å². The lowest BCUT2D eigenvalue weighted by Crippen LogP contribution is -2.23. The molecule has 1 aliphatic heterocycles. The zero-order valence-electron chi connectivity index (χ0n) is 15.4. The summed E-state index contributed by atoms with van der Waals surface area (Å²) in [6.07, 6.45) is 0. The number of benzene rings is 2. The van der Waals surface area contributed by atoms with Crippen LogP contribution in [0, 0.1) is 6.92 Å². The van der Waals surface area contributed by atoms with E-state index in [0.717, 1.165) is 18.7 Å². The van der Waals surface area contributed by atoms with E-state index in [4.69, 9.17) is 9.26 Å². The summed E-state index contributed by atoms with van der Waals surface area (Å²) < 4.78 is 10.6. The molecule has 0 fully saturated rings. The van der Waals surface area contributed by atoms with E-state index in [1.165, 1.54) is 11.1 Å². The topological polar surface area (TPSA) is 89.3 Å². The SMILES string of the molecule is Cc1nc(COc2ccccc2C(=O)NCc2ccc3c(c2)CNC3)no1.Cl. The number of fused-ring (bicyclic) bond motifs is 1. The Balaban J connectivity index is 0.00000225. The third-order valence-corrected chi connectivity index (χ3v) is 4.41. The average molecular weight is 401 g/mol. The van der Waals surface area contributed by atoms with Crippen LogP contribution in [0.3, 0.4) is 0 Å². The highest BCUT2D eigenvalue weighted by molar-refractivity contribution is 5.96. The van der Waals surface area contributed by atoms with Gasteiger partial charge in [-0.1, -0.05) is 35.5 Å². The summed E-state index contributed by atoms with van der Waals surface area (Å²) in [4.78, 5) is 16.7. The molecule has 3 aromatic rings. The number of rotatable bonds is 6. The highest BCUT2D eigenvalue weighted by atomic mass is 35.5. The highest BCUT2D eigenvalue weighted by Gasteiger charge is 2.14. The van der Waals surface area contributed by atoms with Crippen molar-refractivity contribution >= 4 is 18.3 Å². The van der Waals surface area contributed by atoms with Gasteiger partial charge in [0.2, 0.25) is 11.7 Å². The number of carbonyl (C=O) groups excluding carboxylic acids is 1. The summed E-state index contributed by atoms with van der Waals surface area (Å²) >= 11 is 0. The van der Waals surface area contributed by atoms with E-state index in [-0.39, 0.29) is 24.9 Å². The number of halogens is 1. The van der Waals surface area contributed by atoms with Gasteiger partial charge < -0.3 is 19.9 Å². The van der Waals surface area contributed by atoms with Crippen LogP contribution in [-0.2, 0) is 26.2 Å². The number of amides is 1. The summed E-state index contributed by atoms with van der Waals surface area (Å²) in [5, 5.41) is 10.1. The first-order valence-corrected chi connectivity index (χ1v) is 8.79. The minimum Gasteiger partial charge on any atom is -0.485 e. The van der Waals surface area contributed by atoms with Gasteiger partial charge >= 0.3 is 0 Å². The van der Waals surface area contributed by atoms with E-state index in [1.807, 2.05) is 12.1 Å². The van der Waals surface area contributed by atoms with Crippen molar-refractivity contribution in [2.75, 3.05) is 0 Å². The summed E-state index contributed by atoms with van der Waals surface area (Å²) in [6, 6.07) is 13.4. The molecule has 2 N–H and O–H groups in total. The highest BCUT2D eigenvalue weighted by Crippen LogP contribution is 2.20. The normalized spacial score (nSPS) is 12.2. The standard InChI is InChI=1S/C20H20N4O3.ClH/c1-13-23-19(24-27-13)12-26-18-5-3-2-4-17(18)20(25)22-9-14-6-7-15-10-21-11-16(15)8-14;/h2-8,21H,9-12H2,1H3,(H,22,25);1H. The maximum absolute atomic E-state index is 12.6. The van der Waals surface area contributed by atoms with Crippen LogP contribution in [0.1, 0.15) is 38.8 Å². The molecule has 0 radical (unpaired) electrons. The summed E-state index contributed by atoms with van der Waals surface area (Å²) in [5.74, 6) is 1.21. The molecule has 0 saturated carbocycles. The van der Waals surface area contributed by atoms with Crippen LogP contribution in [0.15, 0.2) is 47.0 Å². The molecule has 1 aromatic heterocycles. The Morgan fingerprint density at radius 3 is 2.86 bits per heavy atom. The van der Waals surface area contributed by atoms with Gasteiger partial charge in [-0.2, -0.15) is 4.98 Å². The molecule has 0 saturated heterocycles. The van der Waals surface area contributed by atoms with Crippen LogP contribution < -0.4 is 15.4 Å². The molecular weight excluding hydrogens is 380 g/mol. The van der Waals surface area contributed by atoms with Gasteiger partial charge in [0.25, 0.3) is 5.91 Å². The largest absolute Gasteiger partial charge is 0.485 e. The Labute approximate surface area is 168 Å². The number of carbonyl (C=O) groups is 1. The van der Waals surface area contributed by atoms with Crippen LogP contribution in [0.25, 0.3) is 0 Å². The van der Waals surface area contributed by atoms with E-state index in [9.17, 15) is 4.79 Å². The Morgan fingerprint density at radius 2 is 2.04 bits per heavy atom. The molecule has 1 amide bonds. The van der Waals surface area contributed by atoms with Crippen LogP contribution in [0.4, 0.5) is 0 Å². The van der Waals surface area contributed by atoms with E-state index in [1.54, 1.807) is 25.1 Å². The first-order chi connectivity index (χ1) is 13.2. The van der Waals surface area contributed by atoms with Gasteiger partial charge in [-0.15, -0.1) is 12.4 Å². The van der Waals surface area contributed by atoms with Gasteiger partial charge in [0.15, 0.2) is 6.61 Å². The van der Waals surface area contributed by atoms with Crippen molar-refractivity contribution in [3.8, 4) is 5.75 Å². The summed E-state index contributed by atoms with van der Waals surface area (Å²) in [6.45, 7) is 4.10. The molecule has 2 aromatic carbocycles. The predicted octanol–water partition coefficient (Wildman–Crippen LogP) is 2.91. The quantitative estimate of drug-likeness (QED) is 0.661. The van der Waals surface area contributed by atoms with Crippen LogP contribution in [-0.4, -0.2) is 16.0 Å². The lowest BCUT2D eigenvalue weighted by Gasteiger charge is -2.11. The monoisotopic (exact) mass is 400 g/mol. The number of para-hydroxylation sites is 1. The van der Waals surface area contributed by atoms with Gasteiger partial charge in [0.05, 0.1) is 5.56 Å².